The number of rotatable bonds is 6. The van der Waals surface area contributed by atoms with Crippen LogP contribution in [-0.4, -0.2) is 52.2 Å². The normalized spacial score (nSPS) is 26.8. The smallest absolute Gasteiger partial charge is 0.225 e. The number of benzene rings is 2. The number of nitrogens with zero attached hydrogens (tertiary/aromatic N) is 3. The van der Waals surface area contributed by atoms with Gasteiger partial charge in [-0.2, -0.15) is 4.98 Å². The van der Waals surface area contributed by atoms with E-state index in [2.05, 4.69) is 42.6 Å². The number of aliphatic imine (C=N–C) groups is 1. The highest BCUT2D eigenvalue weighted by atomic mass is 32.2. The van der Waals surface area contributed by atoms with Crippen LogP contribution in [0.4, 0.5) is 11.8 Å². The van der Waals surface area contributed by atoms with Crippen molar-refractivity contribution in [1.29, 1.82) is 0 Å². The molecular formula is C33H40N4O3S2. The Morgan fingerprint density at radius 1 is 1.00 bits per heavy atom. The number of anilines is 1. The van der Waals surface area contributed by atoms with E-state index >= 15 is 0 Å². The summed E-state index contributed by atoms with van der Waals surface area (Å²) in [5.74, 6) is 2.25. The maximum absolute atomic E-state index is 12.3. The molecule has 0 spiro atoms. The van der Waals surface area contributed by atoms with E-state index in [1.165, 1.54) is 16.0 Å². The molecule has 6 rings (SSSR count). The highest BCUT2D eigenvalue weighted by Crippen LogP contribution is 2.41. The largest absolute Gasteiger partial charge is 0.393 e. The molecular weight excluding hydrogens is 565 g/mol. The molecule has 2 unspecified atom stereocenters. The molecule has 2 aliphatic heterocycles. The summed E-state index contributed by atoms with van der Waals surface area (Å²) in [6.45, 7) is 2.26. The fraction of sp³-hybridized carbons (Fsp3) is 0.485. The Kier molecular flexibility index (Phi) is 8.98. The predicted molar refractivity (Wildman–Crippen MR) is 171 cm³/mol. The number of aliphatic hydroxyl groups excluding tert-OH is 1. The van der Waals surface area contributed by atoms with Crippen LogP contribution >= 0.6 is 11.8 Å². The van der Waals surface area contributed by atoms with Crippen LogP contribution in [0, 0.1) is 0 Å². The van der Waals surface area contributed by atoms with E-state index in [1.807, 2.05) is 24.3 Å². The lowest BCUT2D eigenvalue weighted by atomic mass is 9.91. The Morgan fingerprint density at radius 2 is 1.81 bits per heavy atom. The number of sulfone groups is 1. The summed E-state index contributed by atoms with van der Waals surface area (Å²) in [7, 11) is -2.98. The van der Waals surface area contributed by atoms with Gasteiger partial charge >= 0.3 is 0 Å². The molecule has 2 atom stereocenters. The van der Waals surface area contributed by atoms with Crippen molar-refractivity contribution in [2.24, 2.45) is 4.99 Å². The third-order valence-corrected chi connectivity index (χ3v) is 11.7. The highest BCUT2D eigenvalue weighted by Gasteiger charge is 2.28. The van der Waals surface area contributed by atoms with Crippen molar-refractivity contribution in [3.63, 3.8) is 0 Å². The van der Waals surface area contributed by atoms with Gasteiger partial charge in [-0.05, 0) is 86.0 Å². The zero-order chi connectivity index (χ0) is 29.1. The summed E-state index contributed by atoms with van der Waals surface area (Å²) < 4.78 is 24.7. The molecule has 3 heterocycles. The van der Waals surface area contributed by atoms with Gasteiger partial charge < -0.3 is 10.4 Å². The molecule has 1 aliphatic carbocycles. The van der Waals surface area contributed by atoms with Gasteiger partial charge in [0.2, 0.25) is 5.95 Å². The minimum absolute atomic E-state index is 0.0607. The van der Waals surface area contributed by atoms with E-state index < -0.39 is 9.84 Å². The van der Waals surface area contributed by atoms with Crippen LogP contribution in [0.1, 0.15) is 92.5 Å². The summed E-state index contributed by atoms with van der Waals surface area (Å²) in [4.78, 5) is 16.0. The lowest BCUT2D eigenvalue weighted by Gasteiger charge is -2.26. The number of thioether (sulfide) groups is 1. The van der Waals surface area contributed by atoms with Crippen LogP contribution in [-0.2, 0) is 16.3 Å². The van der Waals surface area contributed by atoms with Crippen LogP contribution in [0.25, 0.3) is 0 Å². The maximum Gasteiger partial charge on any atom is 0.225 e. The predicted octanol–water partition coefficient (Wildman–Crippen LogP) is 6.79. The summed E-state index contributed by atoms with van der Waals surface area (Å²) in [6.07, 6.45) is 7.35. The molecule has 2 aromatic carbocycles. The van der Waals surface area contributed by atoms with E-state index in [9.17, 15) is 13.5 Å². The molecule has 3 aliphatic rings. The number of aliphatic hydroxyl groups is 1. The van der Waals surface area contributed by atoms with E-state index in [-0.39, 0.29) is 23.8 Å². The highest BCUT2D eigenvalue weighted by molar-refractivity contribution is 8.14. The van der Waals surface area contributed by atoms with Gasteiger partial charge in [-0.15, -0.1) is 0 Å². The number of fused-ring (bicyclic) bond motifs is 1. The van der Waals surface area contributed by atoms with Gasteiger partial charge in [-0.25, -0.2) is 18.4 Å². The molecule has 0 amide bonds. The minimum Gasteiger partial charge on any atom is -0.393 e. The zero-order valence-electron chi connectivity index (χ0n) is 24.2. The van der Waals surface area contributed by atoms with Crippen molar-refractivity contribution >= 4 is 38.4 Å². The molecule has 42 heavy (non-hydrogen) atoms. The Hall–Kier alpha value is -2.75. The third kappa shape index (κ3) is 7.41. The van der Waals surface area contributed by atoms with Crippen LogP contribution < -0.4 is 5.32 Å². The molecule has 0 radical (unpaired) electrons. The Bertz CT molecular complexity index is 1540. The number of hydrogen-bond acceptors (Lipinski definition) is 8. The fourth-order valence-corrected chi connectivity index (χ4v) is 9.31. The van der Waals surface area contributed by atoms with Gasteiger partial charge in [0, 0.05) is 23.4 Å². The topological polar surface area (TPSA) is 105 Å². The second-order valence-corrected chi connectivity index (χ2v) is 15.5. The van der Waals surface area contributed by atoms with E-state index in [0.29, 0.717) is 29.9 Å². The maximum atomic E-state index is 12.3. The third-order valence-electron chi connectivity index (χ3n) is 8.78. The zero-order valence-corrected chi connectivity index (χ0v) is 25.8. The van der Waals surface area contributed by atoms with Crippen molar-refractivity contribution in [3.8, 4) is 0 Å². The first-order valence-corrected chi connectivity index (χ1v) is 17.9. The van der Waals surface area contributed by atoms with Crippen molar-refractivity contribution in [1.82, 2.24) is 9.97 Å². The molecule has 2 fully saturated rings. The van der Waals surface area contributed by atoms with Gasteiger partial charge in [0.05, 0.1) is 28.3 Å². The average Bonchev–Trinajstić information content (AvgIpc) is 3.12. The monoisotopic (exact) mass is 604 g/mol. The Morgan fingerprint density at radius 3 is 2.60 bits per heavy atom. The van der Waals surface area contributed by atoms with Gasteiger partial charge in [-0.1, -0.05) is 61.2 Å². The number of nitrogens with one attached hydrogen (secondary N) is 1. The summed E-state index contributed by atoms with van der Waals surface area (Å²) in [5.41, 5.74) is 4.53. The molecule has 0 bridgehead atoms. The summed E-state index contributed by atoms with van der Waals surface area (Å²) in [5, 5.41) is 14.5. The van der Waals surface area contributed by atoms with Crippen LogP contribution in [0.5, 0.6) is 0 Å². The molecule has 222 valence electrons. The van der Waals surface area contributed by atoms with Gasteiger partial charge in [0.1, 0.15) is 0 Å². The Labute approximate surface area is 253 Å². The number of aromatic nitrogens is 2. The SMILES string of the molecule is CC1CCC(=Nc2cc(Cc3ccccc3)nc(NC3CCC(O)CC3)n2)Sc2cc(C3CCCS(=O)(=O)C3)ccc21. The molecule has 7 nitrogen and oxygen atoms in total. The second kappa shape index (κ2) is 12.9. The first-order valence-electron chi connectivity index (χ1n) is 15.3. The van der Waals surface area contributed by atoms with E-state index in [0.717, 1.165) is 67.7 Å². The van der Waals surface area contributed by atoms with Crippen LogP contribution in [0.15, 0.2) is 64.5 Å². The number of hydrogen-bond donors (Lipinski definition) is 2. The van der Waals surface area contributed by atoms with Gasteiger partial charge in [-0.3, -0.25) is 0 Å². The van der Waals surface area contributed by atoms with E-state index in [1.54, 1.807) is 11.8 Å². The van der Waals surface area contributed by atoms with Crippen LogP contribution in [0.3, 0.4) is 0 Å². The lowest BCUT2D eigenvalue weighted by Crippen LogP contribution is -2.29. The average molecular weight is 605 g/mol. The molecule has 1 aromatic heterocycles. The quantitative estimate of drug-likeness (QED) is 0.319. The van der Waals surface area contributed by atoms with E-state index in [4.69, 9.17) is 15.0 Å². The van der Waals surface area contributed by atoms with Gasteiger partial charge in [0.15, 0.2) is 15.7 Å². The lowest BCUT2D eigenvalue weighted by molar-refractivity contribution is 0.126. The van der Waals surface area contributed by atoms with Crippen molar-refractivity contribution < 1.29 is 13.5 Å². The Balaban J connectivity index is 1.29. The minimum atomic E-state index is -2.98. The first kappa shape index (κ1) is 29.3. The van der Waals surface area contributed by atoms with Crippen molar-refractivity contribution in [3.05, 3.63) is 77.0 Å². The van der Waals surface area contributed by atoms with Crippen molar-refractivity contribution in [2.45, 2.75) is 93.6 Å². The molecule has 2 N–H and O–H groups in total. The standard InChI is InChI=1S/C33H40N4O3S2/c1-22-9-16-32(41-30-19-24(10-15-29(22)30)25-8-5-17-42(39,40)21-25)36-31-20-27(18-23-6-3-2-4-7-23)35-33(37-31)34-26-11-13-28(38)14-12-26/h2-4,6-7,10,15,19-20,22,25-26,28,38H,5,8-9,11-14,16-18,21H2,1H3,(H,34,35,37). The van der Waals surface area contributed by atoms with Gasteiger partial charge in [0.25, 0.3) is 0 Å². The molecule has 1 saturated carbocycles. The summed E-state index contributed by atoms with van der Waals surface area (Å²) >= 11 is 1.70. The first-order chi connectivity index (χ1) is 20.3. The fourth-order valence-electron chi connectivity index (χ4n) is 6.37. The molecule has 1 saturated heterocycles. The van der Waals surface area contributed by atoms with Crippen LogP contribution in [0.2, 0.25) is 0 Å². The summed E-state index contributed by atoms with van der Waals surface area (Å²) in [6, 6.07) is 19.1. The second-order valence-electron chi connectivity index (χ2n) is 12.2. The molecule has 9 heteroatoms. The van der Waals surface area contributed by atoms with Crippen molar-refractivity contribution in [2.75, 3.05) is 16.8 Å². The molecule has 3 aromatic rings.